The molecule has 0 radical (unpaired) electrons. The molecule has 1 aromatic carbocycles. The van der Waals surface area contributed by atoms with Crippen molar-refractivity contribution in [2.45, 2.75) is 44.9 Å². The molecule has 3 heteroatoms. The van der Waals surface area contributed by atoms with Gasteiger partial charge in [0.15, 0.2) is 0 Å². The molecule has 0 heterocycles. The number of benzene rings is 1. The van der Waals surface area contributed by atoms with Crippen LogP contribution >= 0.6 is 0 Å². The van der Waals surface area contributed by atoms with Gasteiger partial charge in [0.2, 0.25) is 0 Å². The van der Waals surface area contributed by atoms with Crippen molar-refractivity contribution in [3.63, 3.8) is 0 Å². The van der Waals surface area contributed by atoms with E-state index in [2.05, 4.69) is 18.7 Å². The molecule has 2 rings (SSSR count). The van der Waals surface area contributed by atoms with Crippen LogP contribution in [0.2, 0.25) is 0 Å². The Morgan fingerprint density at radius 2 is 1.71 bits per heavy atom. The van der Waals surface area contributed by atoms with Gasteiger partial charge < -0.3 is 5.11 Å². The smallest absolute Gasteiger partial charge is 0.331 e. The molecular formula is C18H22O3. The third-order valence-corrected chi connectivity index (χ3v) is 4.47. The Labute approximate surface area is 125 Å². The zero-order valence-electron chi connectivity index (χ0n) is 12.5. The first kappa shape index (κ1) is 15.5. The first-order valence-corrected chi connectivity index (χ1v) is 7.47. The van der Waals surface area contributed by atoms with Gasteiger partial charge in [0, 0.05) is 17.9 Å². The molecule has 0 spiro atoms. The van der Waals surface area contributed by atoms with Gasteiger partial charge in [0.1, 0.15) is 5.78 Å². The van der Waals surface area contributed by atoms with E-state index < -0.39 is 5.97 Å². The molecule has 0 atom stereocenters. The number of hydrogen-bond acceptors (Lipinski definition) is 2. The molecule has 0 aliphatic heterocycles. The molecule has 0 bridgehead atoms. The van der Waals surface area contributed by atoms with Crippen molar-refractivity contribution >= 4 is 11.8 Å². The van der Waals surface area contributed by atoms with Crippen LogP contribution in [-0.2, 0) is 16.0 Å². The van der Waals surface area contributed by atoms with E-state index in [1.54, 1.807) is 6.92 Å². The minimum absolute atomic E-state index is 0.213. The maximum Gasteiger partial charge on any atom is 0.331 e. The Kier molecular flexibility index (Phi) is 4.94. The van der Waals surface area contributed by atoms with Crippen LogP contribution in [0, 0.1) is 5.92 Å². The molecule has 1 aromatic rings. The number of rotatable bonds is 5. The van der Waals surface area contributed by atoms with Crippen molar-refractivity contribution in [2.75, 3.05) is 0 Å². The fourth-order valence-corrected chi connectivity index (χ4v) is 3.06. The molecular weight excluding hydrogens is 264 g/mol. The lowest BCUT2D eigenvalue weighted by Crippen LogP contribution is -2.18. The second kappa shape index (κ2) is 6.70. The number of carboxylic acid groups (broad SMARTS) is 1. The highest BCUT2D eigenvalue weighted by atomic mass is 16.4. The summed E-state index contributed by atoms with van der Waals surface area (Å²) in [7, 11) is 0. The lowest BCUT2D eigenvalue weighted by molar-refractivity contribution is -0.132. The van der Waals surface area contributed by atoms with E-state index in [0.717, 1.165) is 31.2 Å². The van der Waals surface area contributed by atoms with E-state index in [1.807, 2.05) is 12.1 Å². The van der Waals surface area contributed by atoms with Gasteiger partial charge >= 0.3 is 5.97 Å². The van der Waals surface area contributed by atoms with E-state index in [1.165, 1.54) is 5.56 Å². The highest BCUT2D eigenvalue weighted by molar-refractivity contribution is 5.86. The Balaban J connectivity index is 1.95. The average molecular weight is 286 g/mol. The summed E-state index contributed by atoms with van der Waals surface area (Å²) in [6.07, 6.45) is 4.47. The van der Waals surface area contributed by atoms with Gasteiger partial charge in [-0.2, -0.15) is 0 Å². The standard InChI is InChI=1S/C18H22O3/c1-12(18(20)21)11-14-3-5-16(6-4-14)17-9-7-15(8-10-17)13(2)19/h3-6,15,17H,1,7-11H2,2H3,(H,20,21). The lowest BCUT2D eigenvalue weighted by Gasteiger charge is -2.27. The molecule has 1 saturated carbocycles. The molecule has 112 valence electrons. The Hall–Kier alpha value is -1.90. The topological polar surface area (TPSA) is 54.4 Å². The van der Waals surface area contributed by atoms with Gasteiger partial charge in [-0.25, -0.2) is 4.79 Å². The number of Topliss-reactive ketones (excluding diaryl/α,β-unsaturated/α-hetero) is 1. The number of carbonyl (C=O) groups excluding carboxylic acids is 1. The highest BCUT2D eigenvalue weighted by Gasteiger charge is 2.24. The van der Waals surface area contributed by atoms with Gasteiger partial charge in [-0.15, -0.1) is 0 Å². The number of hydrogen-bond donors (Lipinski definition) is 1. The van der Waals surface area contributed by atoms with Crippen LogP contribution < -0.4 is 0 Å². The van der Waals surface area contributed by atoms with E-state index in [-0.39, 0.29) is 11.5 Å². The fraction of sp³-hybridized carbons (Fsp3) is 0.444. The summed E-state index contributed by atoms with van der Waals surface area (Å²) in [6, 6.07) is 8.15. The van der Waals surface area contributed by atoms with E-state index >= 15 is 0 Å². The molecule has 1 aliphatic rings. The quantitative estimate of drug-likeness (QED) is 0.839. The second-order valence-electron chi connectivity index (χ2n) is 5.99. The summed E-state index contributed by atoms with van der Waals surface area (Å²) < 4.78 is 0. The van der Waals surface area contributed by atoms with Crippen molar-refractivity contribution in [1.82, 2.24) is 0 Å². The number of aliphatic carboxylic acids is 1. The Bertz CT molecular complexity index is 534. The summed E-state index contributed by atoms with van der Waals surface area (Å²) in [6.45, 7) is 5.24. The zero-order valence-corrected chi connectivity index (χ0v) is 12.5. The molecule has 0 unspecified atom stereocenters. The van der Waals surface area contributed by atoms with Gasteiger partial charge in [0.05, 0.1) is 0 Å². The molecule has 0 saturated heterocycles. The third kappa shape index (κ3) is 4.03. The normalized spacial score (nSPS) is 21.8. The van der Waals surface area contributed by atoms with Crippen LogP contribution in [0.25, 0.3) is 0 Å². The van der Waals surface area contributed by atoms with Crippen molar-refractivity contribution < 1.29 is 14.7 Å². The van der Waals surface area contributed by atoms with Gasteiger partial charge in [-0.05, 0) is 49.7 Å². The molecule has 0 amide bonds. The van der Waals surface area contributed by atoms with Gasteiger partial charge in [0.25, 0.3) is 0 Å². The van der Waals surface area contributed by atoms with Crippen LogP contribution in [0.15, 0.2) is 36.4 Å². The predicted molar refractivity (Wildman–Crippen MR) is 82.3 cm³/mol. The second-order valence-corrected chi connectivity index (χ2v) is 5.99. The number of carbonyl (C=O) groups is 2. The lowest BCUT2D eigenvalue weighted by atomic mass is 9.77. The Morgan fingerprint density at radius 3 is 2.19 bits per heavy atom. The number of ketones is 1. The SMILES string of the molecule is C=C(Cc1ccc(C2CCC(C(C)=O)CC2)cc1)C(=O)O. The first-order chi connectivity index (χ1) is 9.97. The summed E-state index contributed by atoms with van der Waals surface area (Å²) in [5.41, 5.74) is 2.48. The highest BCUT2D eigenvalue weighted by Crippen LogP contribution is 2.36. The van der Waals surface area contributed by atoms with Crippen molar-refractivity contribution in [2.24, 2.45) is 5.92 Å². The molecule has 1 aliphatic carbocycles. The molecule has 0 aromatic heterocycles. The largest absolute Gasteiger partial charge is 0.478 e. The van der Waals surface area contributed by atoms with Crippen LogP contribution in [0.5, 0.6) is 0 Å². The van der Waals surface area contributed by atoms with Gasteiger partial charge in [-0.1, -0.05) is 30.8 Å². The summed E-state index contributed by atoms with van der Waals surface area (Å²) >= 11 is 0. The van der Waals surface area contributed by atoms with Crippen LogP contribution in [-0.4, -0.2) is 16.9 Å². The van der Waals surface area contributed by atoms with Crippen molar-refractivity contribution in [1.29, 1.82) is 0 Å². The first-order valence-electron chi connectivity index (χ1n) is 7.47. The number of carboxylic acids is 1. The van der Waals surface area contributed by atoms with Crippen LogP contribution in [0.4, 0.5) is 0 Å². The predicted octanol–water partition coefficient (Wildman–Crippen LogP) is 3.73. The molecule has 1 N–H and O–H groups in total. The summed E-state index contributed by atoms with van der Waals surface area (Å²) in [4.78, 5) is 22.2. The maximum absolute atomic E-state index is 11.4. The minimum atomic E-state index is -0.943. The Morgan fingerprint density at radius 1 is 1.14 bits per heavy atom. The van der Waals surface area contributed by atoms with E-state index in [0.29, 0.717) is 18.1 Å². The monoisotopic (exact) mass is 286 g/mol. The van der Waals surface area contributed by atoms with E-state index in [9.17, 15) is 9.59 Å². The zero-order chi connectivity index (χ0) is 15.4. The van der Waals surface area contributed by atoms with Crippen molar-refractivity contribution in [3.05, 3.63) is 47.5 Å². The molecule has 1 fully saturated rings. The molecule has 21 heavy (non-hydrogen) atoms. The van der Waals surface area contributed by atoms with Crippen molar-refractivity contribution in [3.8, 4) is 0 Å². The minimum Gasteiger partial charge on any atom is -0.478 e. The van der Waals surface area contributed by atoms with Crippen LogP contribution in [0.3, 0.4) is 0 Å². The van der Waals surface area contributed by atoms with Crippen LogP contribution in [0.1, 0.15) is 49.7 Å². The molecule has 3 nitrogen and oxygen atoms in total. The fourth-order valence-electron chi connectivity index (χ4n) is 3.06. The van der Waals surface area contributed by atoms with E-state index in [4.69, 9.17) is 5.11 Å². The summed E-state index contributed by atoms with van der Waals surface area (Å²) in [5.74, 6) is 0.148. The average Bonchev–Trinajstić information content (AvgIpc) is 2.48. The third-order valence-electron chi connectivity index (χ3n) is 4.47. The maximum atomic E-state index is 11.4. The van der Waals surface area contributed by atoms with Gasteiger partial charge in [-0.3, -0.25) is 4.79 Å². The summed E-state index contributed by atoms with van der Waals surface area (Å²) in [5, 5.41) is 8.84.